The van der Waals surface area contributed by atoms with Crippen LogP contribution in [0.2, 0.25) is 24.8 Å². The summed E-state index contributed by atoms with van der Waals surface area (Å²) in [6, 6.07) is 0. The molecule has 0 heterocycles. The fourth-order valence-corrected chi connectivity index (χ4v) is 8.58. The van der Waals surface area contributed by atoms with Gasteiger partial charge in [0.15, 0.2) is 0 Å². The standard InChI is InChI=1S/C10H26O3Si2/c1-9(2)13-15(11-4,12-5)10(3)14(6,7)8/h9-10H,1-8H3. The Morgan fingerprint density at radius 3 is 1.47 bits per heavy atom. The van der Waals surface area contributed by atoms with Gasteiger partial charge in [-0.2, -0.15) is 0 Å². The molecule has 0 N–H and O–H groups in total. The number of rotatable bonds is 6. The highest BCUT2D eigenvalue weighted by atomic mass is 28.4. The minimum absolute atomic E-state index is 0.148. The van der Waals surface area contributed by atoms with Crippen molar-refractivity contribution in [1.82, 2.24) is 0 Å². The first-order valence-electron chi connectivity index (χ1n) is 5.47. The van der Waals surface area contributed by atoms with Gasteiger partial charge in [0.1, 0.15) is 0 Å². The molecule has 0 radical (unpaired) electrons. The summed E-state index contributed by atoms with van der Waals surface area (Å²) >= 11 is 0. The van der Waals surface area contributed by atoms with Gasteiger partial charge in [0.25, 0.3) is 0 Å². The molecule has 0 bridgehead atoms. The van der Waals surface area contributed by atoms with Gasteiger partial charge in [0, 0.05) is 25.5 Å². The van der Waals surface area contributed by atoms with Crippen LogP contribution >= 0.6 is 0 Å². The normalized spacial score (nSPS) is 15.8. The molecule has 0 aromatic rings. The van der Waals surface area contributed by atoms with Crippen LogP contribution in [0.1, 0.15) is 20.8 Å². The fourth-order valence-electron chi connectivity index (χ4n) is 1.49. The molecule has 0 saturated heterocycles. The van der Waals surface area contributed by atoms with E-state index in [2.05, 4.69) is 26.6 Å². The highest BCUT2D eigenvalue weighted by molar-refractivity contribution is 6.90. The largest absolute Gasteiger partial charge is 0.500 e. The van der Waals surface area contributed by atoms with Gasteiger partial charge in [-0.1, -0.05) is 26.6 Å². The van der Waals surface area contributed by atoms with Crippen LogP contribution in [0.25, 0.3) is 0 Å². The first-order valence-corrected chi connectivity index (χ1v) is 10.9. The summed E-state index contributed by atoms with van der Waals surface area (Å²) in [5.41, 5.74) is 0. The van der Waals surface area contributed by atoms with Crippen LogP contribution < -0.4 is 0 Å². The Hall–Kier alpha value is 0.314. The zero-order valence-corrected chi connectivity index (χ0v) is 13.4. The third-order valence-corrected chi connectivity index (χ3v) is 12.1. The second-order valence-corrected chi connectivity index (χ2v) is 14.6. The fraction of sp³-hybridized carbons (Fsp3) is 1.00. The maximum absolute atomic E-state index is 5.95. The maximum Gasteiger partial charge on any atom is 0.500 e. The molecule has 3 nitrogen and oxygen atoms in total. The molecule has 15 heavy (non-hydrogen) atoms. The summed E-state index contributed by atoms with van der Waals surface area (Å²) in [4.78, 5) is 0. The van der Waals surface area contributed by atoms with Gasteiger partial charge in [-0.05, 0) is 13.8 Å². The third kappa shape index (κ3) is 3.99. The Morgan fingerprint density at radius 2 is 1.27 bits per heavy atom. The Bertz CT molecular complexity index is 186. The lowest BCUT2D eigenvalue weighted by Crippen LogP contribution is -2.56. The first-order chi connectivity index (χ1) is 6.69. The quantitative estimate of drug-likeness (QED) is 0.679. The number of hydrogen-bond acceptors (Lipinski definition) is 3. The molecule has 0 aromatic carbocycles. The van der Waals surface area contributed by atoms with Crippen LogP contribution in [0.3, 0.4) is 0 Å². The molecule has 0 amide bonds. The average Bonchev–Trinajstić information content (AvgIpc) is 2.11. The zero-order chi connectivity index (χ0) is 12.3. The van der Waals surface area contributed by atoms with E-state index >= 15 is 0 Å². The molecule has 0 aliphatic carbocycles. The summed E-state index contributed by atoms with van der Waals surface area (Å²) in [6.45, 7) is 13.2. The van der Waals surface area contributed by atoms with Crippen LogP contribution in [0.4, 0.5) is 0 Å². The third-order valence-electron chi connectivity index (χ3n) is 2.80. The van der Waals surface area contributed by atoms with Crippen molar-refractivity contribution in [2.75, 3.05) is 14.2 Å². The molecular formula is C10H26O3Si2. The molecule has 0 fully saturated rings. The van der Waals surface area contributed by atoms with Crippen molar-refractivity contribution in [2.24, 2.45) is 0 Å². The molecule has 1 atom stereocenters. The van der Waals surface area contributed by atoms with Gasteiger partial charge in [0.2, 0.25) is 0 Å². The molecule has 92 valence electrons. The van der Waals surface area contributed by atoms with Crippen LogP contribution in [0.15, 0.2) is 0 Å². The zero-order valence-electron chi connectivity index (χ0n) is 11.4. The van der Waals surface area contributed by atoms with E-state index in [4.69, 9.17) is 13.3 Å². The van der Waals surface area contributed by atoms with Crippen molar-refractivity contribution in [3.63, 3.8) is 0 Å². The Labute approximate surface area is 96.5 Å². The van der Waals surface area contributed by atoms with Crippen LogP contribution in [0, 0.1) is 0 Å². The predicted octanol–water partition coefficient (Wildman–Crippen LogP) is 2.91. The highest BCUT2D eigenvalue weighted by Gasteiger charge is 2.51. The van der Waals surface area contributed by atoms with E-state index in [0.717, 1.165) is 0 Å². The van der Waals surface area contributed by atoms with E-state index in [9.17, 15) is 0 Å². The van der Waals surface area contributed by atoms with E-state index < -0.39 is 16.9 Å². The van der Waals surface area contributed by atoms with Gasteiger partial charge >= 0.3 is 8.80 Å². The van der Waals surface area contributed by atoms with E-state index in [1.54, 1.807) is 14.2 Å². The van der Waals surface area contributed by atoms with Crippen molar-refractivity contribution in [2.45, 2.75) is 51.7 Å². The van der Waals surface area contributed by atoms with Crippen molar-refractivity contribution in [1.29, 1.82) is 0 Å². The molecule has 0 aliphatic rings. The van der Waals surface area contributed by atoms with Crippen LogP contribution in [-0.2, 0) is 13.3 Å². The van der Waals surface area contributed by atoms with Crippen LogP contribution in [-0.4, -0.2) is 37.2 Å². The van der Waals surface area contributed by atoms with Gasteiger partial charge in [0.05, 0.1) is 8.07 Å². The lowest BCUT2D eigenvalue weighted by Gasteiger charge is -2.38. The average molecular weight is 250 g/mol. The molecule has 5 heteroatoms. The minimum Gasteiger partial charge on any atom is -0.377 e. The second-order valence-electron chi connectivity index (χ2n) is 5.27. The van der Waals surface area contributed by atoms with E-state index in [1.807, 2.05) is 13.8 Å². The summed E-state index contributed by atoms with van der Waals surface area (Å²) in [5.74, 6) is 0. The minimum atomic E-state index is -2.48. The predicted molar refractivity (Wildman–Crippen MR) is 68.8 cm³/mol. The van der Waals surface area contributed by atoms with E-state index in [-0.39, 0.29) is 6.10 Å². The Balaban J connectivity index is 4.92. The van der Waals surface area contributed by atoms with E-state index in [1.165, 1.54) is 0 Å². The molecule has 0 spiro atoms. The van der Waals surface area contributed by atoms with Crippen molar-refractivity contribution >= 4 is 16.9 Å². The lowest BCUT2D eigenvalue weighted by molar-refractivity contribution is 0.0673. The molecule has 0 saturated carbocycles. The van der Waals surface area contributed by atoms with Gasteiger partial charge in [-0.3, -0.25) is 0 Å². The van der Waals surface area contributed by atoms with Gasteiger partial charge in [-0.15, -0.1) is 0 Å². The summed E-state index contributed by atoms with van der Waals surface area (Å²) in [6.07, 6.45) is 0.148. The molecule has 0 aromatic heterocycles. The lowest BCUT2D eigenvalue weighted by atomic mass is 10.5. The Morgan fingerprint density at radius 1 is 0.867 bits per heavy atom. The molecule has 0 aliphatic heterocycles. The maximum atomic E-state index is 5.95. The van der Waals surface area contributed by atoms with Crippen LogP contribution in [0.5, 0.6) is 0 Å². The second kappa shape index (κ2) is 5.59. The monoisotopic (exact) mass is 250 g/mol. The summed E-state index contributed by atoms with van der Waals surface area (Å²) in [5, 5.41) is 0.405. The SMILES string of the molecule is CO[Si](OC)(OC(C)C)C(C)[Si](C)(C)C. The first kappa shape index (κ1) is 15.3. The van der Waals surface area contributed by atoms with Crippen molar-refractivity contribution in [3.8, 4) is 0 Å². The molecular weight excluding hydrogens is 224 g/mol. The van der Waals surface area contributed by atoms with Gasteiger partial charge in [-0.25, -0.2) is 0 Å². The van der Waals surface area contributed by atoms with Crippen molar-refractivity contribution in [3.05, 3.63) is 0 Å². The summed E-state index contributed by atoms with van der Waals surface area (Å²) < 4.78 is 17.2. The smallest absolute Gasteiger partial charge is 0.377 e. The van der Waals surface area contributed by atoms with E-state index in [0.29, 0.717) is 5.16 Å². The summed E-state index contributed by atoms with van der Waals surface area (Å²) in [7, 11) is -0.395. The number of hydrogen-bond donors (Lipinski definition) is 0. The topological polar surface area (TPSA) is 27.7 Å². The molecule has 0 rings (SSSR count). The van der Waals surface area contributed by atoms with Gasteiger partial charge < -0.3 is 13.3 Å². The molecule has 1 unspecified atom stereocenters. The highest BCUT2D eigenvalue weighted by Crippen LogP contribution is 2.33. The van der Waals surface area contributed by atoms with Crippen molar-refractivity contribution < 1.29 is 13.3 Å². The Kier molecular flexibility index (Phi) is 5.70.